The Labute approximate surface area is 126 Å². The number of nitrogens with one attached hydrogen (secondary N) is 1. The van der Waals surface area contributed by atoms with Gasteiger partial charge in [0.25, 0.3) is 0 Å². The van der Waals surface area contributed by atoms with Gasteiger partial charge < -0.3 is 4.98 Å². The number of imidazole rings is 1. The van der Waals surface area contributed by atoms with Gasteiger partial charge in [0.2, 0.25) is 5.95 Å². The standard InChI is InChI=1S/C16H13FN4O/c17-11-6-7-13-14(10-11)19-15(18-13)21-9-8-20(16(21)22)12-4-2-1-3-5-12/h1-7,10H,8-9H2,(H,18,19). The largest absolute Gasteiger partial charge is 0.331 e. The van der Waals surface area contributed by atoms with Crippen molar-refractivity contribution in [3.05, 3.63) is 54.3 Å². The highest BCUT2D eigenvalue weighted by Crippen LogP contribution is 2.25. The van der Waals surface area contributed by atoms with Gasteiger partial charge in [-0.05, 0) is 30.3 Å². The first-order chi connectivity index (χ1) is 10.7. The van der Waals surface area contributed by atoms with Crippen LogP contribution < -0.4 is 9.80 Å². The minimum Gasteiger partial charge on any atom is -0.324 e. The summed E-state index contributed by atoms with van der Waals surface area (Å²) in [7, 11) is 0. The van der Waals surface area contributed by atoms with Crippen LogP contribution in [-0.4, -0.2) is 29.1 Å². The number of aromatic amines is 1. The van der Waals surface area contributed by atoms with Gasteiger partial charge >= 0.3 is 6.03 Å². The number of H-pyrrole nitrogens is 1. The number of rotatable bonds is 2. The van der Waals surface area contributed by atoms with Crippen LogP contribution in [0.2, 0.25) is 0 Å². The number of anilines is 2. The second kappa shape index (κ2) is 4.84. The summed E-state index contributed by atoms with van der Waals surface area (Å²) < 4.78 is 13.2. The number of carbonyl (C=O) groups is 1. The van der Waals surface area contributed by atoms with Crippen molar-refractivity contribution in [3.63, 3.8) is 0 Å². The predicted molar refractivity (Wildman–Crippen MR) is 82.6 cm³/mol. The summed E-state index contributed by atoms with van der Waals surface area (Å²) in [5, 5.41) is 0. The summed E-state index contributed by atoms with van der Waals surface area (Å²) in [6.45, 7) is 1.13. The molecule has 2 amide bonds. The molecule has 0 spiro atoms. The number of fused-ring (bicyclic) bond motifs is 1. The summed E-state index contributed by atoms with van der Waals surface area (Å²) in [6.07, 6.45) is 0. The molecule has 0 saturated carbocycles. The molecule has 22 heavy (non-hydrogen) atoms. The fourth-order valence-electron chi connectivity index (χ4n) is 2.68. The molecular formula is C16H13FN4O. The Balaban J connectivity index is 1.67. The van der Waals surface area contributed by atoms with E-state index in [1.165, 1.54) is 12.1 Å². The number of halogens is 1. The van der Waals surface area contributed by atoms with Crippen molar-refractivity contribution >= 4 is 28.7 Å². The number of carbonyl (C=O) groups excluding carboxylic acids is 1. The second-order valence-electron chi connectivity index (χ2n) is 5.14. The van der Waals surface area contributed by atoms with E-state index in [1.54, 1.807) is 15.9 Å². The molecule has 0 radical (unpaired) electrons. The fourth-order valence-corrected chi connectivity index (χ4v) is 2.68. The molecule has 1 fully saturated rings. The highest BCUT2D eigenvalue weighted by Gasteiger charge is 2.32. The van der Waals surface area contributed by atoms with Gasteiger partial charge in [-0.1, -0.05) is 18.2 Å². The van der Waals surface area contributed by atoms with Crippen LogP contribution in [0.25, 0.3) is 11.0 Å². The quantitative estimate of drug-likeness (QED) is 0.790. The molecule has 0 unspecified atom stereocenters. The molecule has 4 rings (SSSR count). The molecule has 3 aromatic rings. The first-order valence-electron chi connectivity index (χ1n) is 7.02. The summed E-state index contributed by atoms with van der Waals surface area (Å²) in [5.74, 6) is 0.116. The number of nitrogens with zero attached hydrogens (tertiary/aromatic N) is 3. The summed E-state index contributed by atoms with van der Waals surface area (Å²) in [6, 6.07) is 13.7. The normalized spacial score (nSPS) is 15.0. The van der Waals surface area contributed by atoms with E-state index in [-0.39, 0.29) is 11.8 Å². The Morgan fingerprint density at radius 2 is 1.82 bits per heavy atom. The van der Waals surface area contributed by atoms with Crippen LogP contribution in [-0.2, 0) is 0 Å². The third-order valence-electron chi connectivity index (χ3n) is 3.76. The van der Waals surface area contributed by atoms with Crippen LogP contribution >= 0.6 is 0 Å². The van der Waals surface area contributed by atoms with Crippen LogP contribution in [0, 0.1) is 5.82 Å². The van der Waals surface area contributed by atoms with E-state index < -0.39 is 0 Å². The van der Waals surface area contributed by atoms with Crippen molar-refractivity contribution in [1.29, 1.82) is 0 Å². The zero-order chi connectivity index (χ0) is 15.1. The molecule has 1 aromatic heterocycles. The maximum atomic E-state index is 13.2. The van der Waals surface area contributed by atoms with Crippen LogP contribution in [0.5, 0.6) is 0 Å². The highest BCUT2D eigenvalue weighted by atomic mass is 19.1. The SMILES string of the molecule is O=C1N(c2ccccc2)CCN1c1nc2ccc(F)cc2[nH]1. The fraction of sp³-hybridized carbons (Fsp3) is 0.125. The molecule has 0 atom stereocenters. The van der Waals surface area contributed by atoms with E-state index in [0.717, 1.165) is 5.69 Å². The van der Waals surface area contributed by atoms with Gasteiger partial charge in [0.1, 0.15) is 5.82 Å². The van der Waals surface area contributed by atoms with E-state index in [1.807, 2.05) is 30.3 Å². The van der Waals surface area contributed by atoms with Crippen LogP contribution in [0.4, 0.5) is 20.8 Å². The first kappa shape index (κ1) is 12.8. The summed E-state index contributed by atoms with van der Waals surface area (Å²) in [5.41, 5.74) is 2.08. The number of amides is 2. The molecule has 2 heterocycles. The molecule has 110 valence electrons. The van der Waals surface area contributed by atoms with Gasteiger partial charge in [-0.15, -0.1) is 0 Å². The zero-order valence-corrected chi connectivity index (χ0v) is 11.7. The van der Waals surface area contributed by atoms with Crippen LogP contribution in [0.1, 0.15) is 0 Å². The summed E-state index contributed by atoms with van der Waals surface area (Å²) in [4.78, 5) is 23.2. The molecule has 1 aliphatic rings. The summed E-state index contributed by atoms with van der Waals surface area (Å²) >= 11 is 0. The minimum atomic E-state index is -0.332. The van der Waals surface area contributed by atoms with Crippen molar-refractivity contribution in [2.24, 2.45) is 0 Å². The topological polar surface area (TPSA) is 52.2 Å². The lowest BCUT2D eigenvalue weighted by molar-refractivity contribution is 0.255. The number of para-hydroxylation sites is 1. The number of aromatic nitrogens is 2. The monoisotopic (exact) mass is 296 g/mol. The van der Waals surface area contributed by atoms with E-state index in [0.29, 0.717) is 30.1 Å². The number of urea groups is 1. The molecule has 1 aliphatic heterocycles. The number of benzene rings is 2. The van der Waals surface area contributed by atoms with Gasteiger partial charge in [-0.3, -0.25) is 9.80 Å². The Morgan fingerprint density at radius 3 is 2.64 bits per heavy atom. The van der Waals surface area contributed by atoms with Crippen molar-refractivity contribution in [3.8, 4) is 0 Å². The van der Waals surface area contributed by atoms with Crippen molar-refractivity contribution in [2.45, 2.75) is 0 Å². The maximum absolute atomic E-state index is 13.2. The molecule has 1 N–H and O–H groups in total. The van der Waals surface area contributed by atoms with E-state index in [9.17, 15) is 9.18 Å². The molecule has 2 aromatic carbocycles. The van der Waals surface area contributed by atoms with Crippen molar-refractivity contribution < 1.29 is 9.18 Å². The minimum absolute atomic E-state index is 0.134. The average Bonchev–Trinajstić information content (AvgIpc) is 3.10. The number of hydrogen-bond donors (Lipinski definition) is 1. The van der Waals surface area contributed by atoms with Gasteiger partial charge in [0.05, 0.1) is 11.0 Å². The van der Waals surface area contributed by atoms with Gasteiger partial charge in [0.15, 0.2) is 0 Å². The molecule has 1 saturated heterocycles. The lowest BCUT2D eigenvalue weighted by Crippen LogP contribution is -2.32. The third kappa shape index (κ3) is 2.00. The molecule has 0 aliphatic carbocycles. The predicted octanol–water partition coefficient (Wildman–Crippen LogP) is 3.15. The van der Waals surface area contributed by atoms with Gasteiger partial charge in [-0.25, -0.2) is 14.2 Å². The molecule has 5 nitrogen and oxygen atoms in total. The average molecular weight is 296 g/mol. The van der Waals surface area contributed by atoms with E-state index in [4.69, 9.17) is 0 Å². The van der Waals surface area contributed by atoms with Gasteiger partial charge in [-0.2, -0.15) is 0 Å². The zero-order valence-electron chi connectivity index (χ0n) is 11.7. The number of hydrogen-bond acceptors (Lipinski definition) is 2. The second-order valence-corrected chi connectivity index (χ2v) is 5.14. The Hall–Kier alpha value is -2.89. The van der Waals surface area contributed by atoms with Crippen LogP contribution in [0.3, 0.4) is 0 Å². The first-order valence-corrected chi connectivity index (χ1v) is 7.02. The van der Waals surface area contributed by atoms with Crippen LogP contribution in [0.15, 0.2) is 48.5 Å². The van der Waals surface area contributed by atoms with E-state index >= 15 is 0 Å². The maximum Gasteiger partial charge on any atom is 0.331 e. The van der Waals surface area contributed by atoms with Crippen molar-refractivity contribution in [2.75, 3.05) is 22.9 Å². The Kier molecular flexibility index (Phi) is 2.82. The Morgan fingerprint density at radius 1 is 1.05 bits per heavy atom. The molecule has 0 bridgehead atoms. The molecular weight excluding hydrogens is 283 g/mol. The lowest BCUT2D eigenvalue weighted by atomic mass is 10.3. The van der Waals surface area contributed by atoms with E-state index in [2.05, 4.69) is 9.97 Å². The van der Waals surface area contributed by atoms with Gasteiger partial charge in [0, 0.05) is 18.8 Å². The third-order valence-corrected chi connectivity index (χ3v) is 3.76. The smallest absolute Gasteiger partial charge is 0.324 e. The highest BCUT2D eigenvalue weighted by molar-refractivity contribution is 6.05. The molecule has 6 heteroatoms. The lowest BCUT2D eigenvalue weighted by Gasteiger charge is -2.16. The van der Waals surface area contributed by atoms with Crippen molar-refractivity contribution in [1.82, 2.24) is 9.97 Å². The Bertz CT molecular complexity index is 846.